The molecule has 4 nitrogen and oxygen atoms in total. The fourth-order valence-electron chi connectivity index (χ4n) is 3.57. The second kappa shape index (κ2) is 6.36. The van der Waals surface area contributed by atoms with E-state index in [0.717, 1.165) is 6.42 Å². The standard InChI is InChI=1S/C19H25NO3S/c1-12(2)9-14-17(19(14,3)4)18(22)23-11-16(21)20-7-5-15-13(10-20)6-8-24-15/h6,8-9,14,17H,5,7,10-11H2,1-4H3/t14-,17+/m0/s1. The first-order chi connectivity index (χ1) is 11.3. The second-order valence-electron chi connectivity index (χ2n) is 7.61. The lowest BCUT2D eigenvalue weighted by Gasteiger charge is -2.26. The molecule has 0 bridgehead atoms. The molecule has 3 rings (SSSR count). The fraction of sp³-hybridized carbons (Fsp3) is 0.579. The Morgan fingerprint density at radius 1 is 1.42 bits per heavy atom. The van der Waals surface area contributed by atoms with Crippen molar-refractivity contribution in [3.8, 4) is 0 Å². The van der Waals surface area contributed by atoms with Crippen molar-refractivity contribution < 1.29 is 14.3 Å². The lowest BCUT2D eigenvalue weighted by molar-refractivity contribution is -0.154. The molecule has 0 radical (unpaired) electrons. The molecule has 1 saturated carbocycles. The van der Waals surface area contributed by atoms with Gasteiger partial charge in [0.15, 0.2) is 6.61 Å². The number of fused-ring (bicyclic) bond motifs is 1. The Balaban J connectivity index is 1.52. The number of allylic oxidation sites excluding steroid dienone is 2. The van der Waals surface area contributed by atoms with Crippen molar-refractivity contribution in [2.24, 2.45) is 17.3 Å². The summed E-state index contributed by atoms with van der Waals surface area (Å²) < 4.78 is 5.34. The summed E-state index contributed by atoms with van der Waals surface area (Å²) in [5, 5.41) is 2.07. The first-order valence-corrected chi connectivity index (χ1v) is 9.33. The van der Waals surface area contributed by atoms with Crippen molar-refractivity contribution in [2.45, 2.75) is 40.7 Å². The van der Waals surface area contributed by atoms with Crippen LogP contribution in [0.4, 0.5) is 0 Å². The number of rotatable bonds is 4. The molecule has 130 valence electrons. The summed E-state index contributed by atoms with van der Waals surface area (Å²) in [5.74, 6) is -0.264. The van der Waals surface area contributed by atoms with Gasteiger partial charge in [-0.15, -0.1) is 11.3 Å². The Labute approximate surface area is 147 Å². The Kier molecular flexibility index (Phi) is 4.56. The van der Waals surface area contributed by atoms with Gasteiger partial charge in [0.25, 0.3) is 5.91 Å². The number of hydrogen-bond acceptors (Lipinski definition) is 4. The van der Waals surface area contributed by atoms with Crippen LogP contribution in [0.25, 0.3) is 0 Å². The van der Waals surface area contributed by atoms with E-state index in [1.165, 1.54) is 16.0 Å². The number of ether oxygens (including phenoxy) is 1. The first-order valence-electron chi connectivity index (χ1n) is 8.45. The van der Waals surface area contributed by atoms with E-state index >= 15 is 0 Å². The average molecular weight is 347 g/mol. The zero-order valence-corrected chi connectivity index (χ0v) is 15.6. The summed E-state index contributed by atoms with van der Waals surface area (Å²) in [6.07, 6.45) is 3.03. The maximum Gasteiger partial charge on any atom is 0.310 e. The van der Waals surface area contributed by atoms with Gasteiger partial charge in [0.2, 0.25) is 0 Å². The van der Waals surface area contributed by atoms with Crippen LogP contribution in [0.3, 0.4) is 0 Å². The van der Waals surface area contributed by atoms with E-state index in [-0.39, 0.29) is 35.7 Å². The van der Waals surface area contributed by atoms with E-state index in [2.05, 4.69) is 31.4 Å². The number of esters is 1. The first kappa shape index (κ1) is 17.2. The van der Waals surface area contributed by atoms with Gasteiger partial charge in [0.1, 0.15) is 0 Å². The zero-order valence-electron chi connectivity index (χ0n) is 14.8. The highest BCUT2D eigenvalue weighted by molar-refractivity contribution is 7.10. The number of carbonyl (C=O) groups is 2. The van der Waals surface area contributed by atoms with Crippen molar-refractivity contribution in [3.05, 3.63) is 33.5 Å². The molecule has 1 aromatic heterocycles. The Morgan fingerprint density at radius 3 is 2.88 bits per heavy atom. The predicted molar refractivity (Wildman–Crippen MR) is 94.6 cm³/mol. The highest BCUT2D eigenvalue weighted by Gasteiger charge is 2.61. The van der Waals surface area contributed by atoms with Gasteiger partial charge in [-0.05, 0) is 48.6 Å². The molecule has 0 spiro atoms. The van der Waals surface area contributed by atoms with Crippen molar-refractivity contribution in [3.63, 3.8) is 0 Å². The van der Waals surface area contributed by atoms with Crippen LogP contribution < -0.4 is 0 Å². The number of hydrogen-bond donors (Lipinski definition) is 0. The van der Waals surface area contributed by atoms with Gasteiger partial charge in [0, 0.05) is 18.0 Å². The summed E-state index contributed by atoms with van der Waals surface area (Å²) in [6, 6.07) is 2.07. The van der Waals surface area contributed by atoms with Crippen LogP contribution in [0.5, 0.6) is 0 Å². The van der Waals surface area contributed by atoms with Crippen molar-refractivity contribution in [1.29, 1.82) is 0 Å². The van der Waals surface area contributed by atoms with E-state index in [0.29, 0.717) is 13.1 Å². The van der Waals surface area contributed by atoms with Gasteiger partial charge in [-0.2, -0.15) is 0 Å². The van der Waals surface area contributed by atoms with Crippen LogP contribution in [0, 0.1) is 17.3 Å². The number of carbonyl (C=O) groups excluding carboxylic acids is 2. The van der Waals surface area contributed by atoms with Gasteiger partial charge in [-0.3, -0.25) is 9.59 Å². The minimum Gasteiger partial charge on any atom is -0.455 e. The fourth-order valence-corrected chi connectivity index (χ4v) is 4.46. The highest BCUT2D eigenvalue weighted by Crippen LogP contribution is 2.59. The summed E-state index contributed by atoms with van der Waals surface area (Å²) in [4.78, 5) is 27.8. The quantitative estimate of drug-likeness (QED) is 0.619. The van der Waals surface area contributed by atoms with E-state index in [1.54, 1.807) is 16.2 Å². The van der Waals surface area contributed by atoms with E-state index in [9.17, 15) is 9.59 Å². The van der Waals surface area contributed by atoms with Crippen molar-refractivity contribution in [2.75, 3.05) is 13.2 Å². The molecule has 2 atom stereocenters. The molecule has 2 aliphatic rings. The van der Waals surface area contributed by atoms with Crippen LogP contribution in [-0.2, 0) is 27.3 Å². The Morgan fingerprint density at radius 2 is 2.17 bits per heavy atom. The molecular weight excluding hydrogens is 322 g/mol. The smallest absolute Gasteiger partial charge is 0.310 e. The van der Waals surface area contributed by atoms with Crippen LogP contribution >= 0.6 is 11.3 Å². The SMILES string of the molecule is CC(C)=C[C@H]1[C@H](C(=O)OCC(=O)N2CCc3sccc3C2)C1(C)C. The third-order valence-electron chi connectivity index (χ3n) is 5.18. The number of thiophene rings is 1. The van der Waals surface area contributed by atoms with Crippen LogP contribution in [0.15, 0.2) is 23.1 Å². The number of nitrogens with zero attached hydrogens (tertiary/aromatic N) is 1. The van der Waals surface area contributed by atoms with Gasteiger partial charge >= 0.3 is 5.97 Å². The predicted octanol–water partition coefficient (Wildman–Crippen LogP) is 3.41. The molecule has 2 heterocycles. The maximum absolute atomic E-state index is 12.3. The molecule has 1 aliphatic carbocycles. The Bertz CT molecular complexity index is 685. The third-order valence-corrected chi connectivity index (χ3v) is 6.20. The Hall–Kier alpha value is -1.62. The van der Waals surface area contributed by atoms with Crippen LogP contribution in [-0.4, -0.2) is 29.9 Å². The van der Waals surface area contributed by atoms with Crippen molar-refractivity contribution >= 4 is 23.2 Å². The molecule has 1 aromatic rings. The largest absolute Gasteiger partial charge is 0.455 e. The van der Waals surface area contributed by atoms with E-state index in [1.807, 2.05) is 13.8 Å². The normalized spacial score (nSPS) is 24.1. The molecule has 5 heteroatoms. The maximum atomic E-state index is 12.3. The topological polar surface area (TPSA) is 46.6 Å². The lowest BCUT2D eigenvalue weighted by Crippen LogP contribution is -2.38. The molecule has 24 heavy (non-hydrogen) atoms. The molecule has 1 aliphatic heterocycles. The lowest BCUT2D eigenvalue weighted by atomic mass is 10.1. The molecule has 1 fully saturated rings. The minimum atomic E-state index is -0.246. The molecule has 0 N–H and O–H groups in total. The van der Waals surface area contributed by atoms with Crippen LogP contribution in [0.1, 0.15) is 38.1 Å². The highest BCUT2D eigenvalue weighted by atomic mass is 32.1. The third kappa shape index (κ3) is 3.27. The van der Waals surface area contributed by atoms with Crippen molar-refractivity contribution in [1.82, 2.24) is 4.90 Å². The van der Waals surface area contributed by atoms with Gasteiger partial charge in [0.05, 0.1) is 5.92 Å². The minimum absolute atomic E-state index is 0.0753. The van der Waals surface area contributed by atoms with E-state index < -0.39 is 0 Å². The summed E-state index contributed by atoms with van der Waals surface area (Å²) in [5.41, 5.74) is 2.35. The number of amides is 1. The van der Waals surface area contributed by atoms with Gasteiger partial charge in [-0.1, -0.05) is 25.5 Å². The molecule has 0 unspecified atom stereocenters. The van der Waals surface area contributed by atoms with Gasteiger partial charge in [-0.25, -0.2) is 0 Å². The zero-order chi connectivity index (χ0) is 17.5. The summed E-state index contributed by atoms with van der Waals surface area (Å²) in [7, 11) is 0. The summed E-state index contributed by atoms with van der Waals surface area (Å²) >= 11 is 1.75. The van der Waals surface area contributed by atoms with Crippen LogP contribution in [0.2, 0.25) is 0 Å². The monoisotopic (exact) mass is 347 g/mol. The second-order valence-corrected chi connectivity index (χ2v) is 8.61. The van der Waals surface area contributed by atoms with Gasteiger partial charge < -0.3 is 9.64 Å². The molecule has 0 saturated heterocycles. The molecule has 1 amide bonds. The summed E-state index contributed by atoms with van der Waals surface area (Å²) in [6.45, 7) is 9.42. The molecule has 0 aromatic carbocycles. The molecular formula is C19H25NO3S. The average Bonchev–Trinajstić information content (AvgIpc) is 2.88. The van der Waals surface area contributed by atoms with E-state index in [4.69, 9.17) is 4.74 Å².